The Hall–Kier alpha value is -1.34. The molecule has 1 aromatic carbocycles. The van der Waals surface area contributed by atoms with Gasteiger partial charge in [0, 0.05) is 38.9 Å². The summed E-state index contributed by atoms with van der Waals surface area (Å²) in [6.45, 7) is 2.15. The molecule has 0 spiro atoms. The number of hydrogen-bond donors (Lipinski definition) is 0. The van der Waals surface area contributed by atoms with Gasteiger partial charge in [-0.1, -0.05) is 11.6 Å². The van der Waals surface area contributed by atoms with Gasteiger partial charge in [-0.3, -0.25) is 4.79 Å². The molecule has 0 radical (unpaired) electrons. The van der Waals surface area contributed by atoms with E-state index in [4.69, 9.17) is 11.6 Å². The summed E-state index contributed by atoms with van der Waals surface area (Å²) >= 11 is 6.03. The lowest BCUT2D eigenvalue weighted by Crippen LogP contribution is -2.49. The average Bonchev–Trinajstić information content (AvgIpc) is 2.44. The third kappa shape index (κ3) is 4.58. The van der Waals surface area contributed by atoms with Crippen LogP contribution in [0.2, 0.25) is 5.02 Å². The Labute approximate surface area is 134 Å². The van der Waals surface area contributed by atoms with Crippen LogP contribution in [0.4, 0.5) is 10.1 Å². The summed E-state index contributed by atoms with van der Waals surface area (Å²) in [5.41, 5.74) is 0.742. The van der Waals surface area contributed by atoms with Crippen molar-refractivity contribution in [2.45, 2.75) is 6.42 Å². The average molecular weight is 349 g/mol. The third-order valence-electron chi connectivity index (χ3n) is 3.57. The predicted molar refractivity (Wildman–Crippen MR) is 84.5 cm³/mol. The van der Waals surface area contributed by atoms with Crippen LogP contribution in [0, 0.1) is 5.82 Å². The maximum absolute atomic E-state index is 13.1. The second-order valence-corrected chi connectivity index (χ2v) is 8.01. The van der Waals surface area contributed by atoms with Gasteiger partial charge in [0.15, 0.2) is 0 Å². The van der Waals surface area contributed by atoms with Crippen molar-refractivity contribution in [2.24, 2.45) is 0 Å². The van der Waals surface area contributed by atoms with Crippen molar-refractivity contribution in [1.82, 2.24) is 4.90 Å². The Balaban J connectivity index is 1.91. The van der Waals surface area contributed by atoms with E-state index < -0.39 is 9.84 Å². The van der Waals surface area contributed by atoms with Gasteiger partial charge in [-0.05, 0) is 18.2 Å². The van der Waals surface area contributed by atoms with Crippen LogP contribution in [-0.4, -0.2) is 57.4 Å². The zero-order valence-electron chi connectivity index (χ0n) is 12.3. The third-order valence-corrected chi connectivity index (χ3v) is 4.82. The van der Waals surface area contributed by atoms with Crippen molar-refractivity contribution in [2.75, 3.05) is 43.1 Å². The summed E-state index contributed by atoms with van der Waals surface area (Å²) in [6, 6.07) is 4.24. The molecule has 5 nitrogen and oxygen atoms in total. The number of halogens is 2. The van der Waals surface area contributed by atoms with E-state index in [1.807, 2.05) is 4.90 Å². The van der Waals surface area contributed by atoms with Crippen molar-refractivity contribution in [1.29, 1.82) is 0 Å². The van der Waals surface area contributed by atoms with Crippen LogP contribution in [0.1, 0.15) is 6.42 Å². The van der Waals surface area contributed by atoms with E-state index in [0.29, 0.717) is 31.2 Å². The van der Waals surface area contributed by atoms with Crippen molar-refractivity contribution in [3.05, 3.63) is 29.0 Å². The highest BCUT2D eigenvalue weighted by Crippen LogP contribution is 2.27. The quantitative estimate of drug-likeness (QED) is 0.828. The van der Waals surface area contributed by atoms with E-state index in [9.17, 15) is 17.6 Å². The van der Waals surface area contributed by atoms with E-state index in [1.165, 1.54) is 12.1 Å². The van der Waals surface area contributed by atoms with E-state index in [0.717, 1.165) is 11.9 Å². The lowest BCUT2D eigenvalue weighted by Gasteiger charge is -2.36. The number of piperazine rings is 1. The van der Waals surface area contributed by atoms with E-state index in [-0.39, 0.29) is 23.9 Å². The molecule has 0 aliphatic carbocycles. The van der Waals surface area contributed by atoms with Gasteiger partial charge in [0.1, 0.15) is 15.7 Å². The zero-order chi connectivity index (χ0) is 16.3. The van der Waals surface area contributed by atoms with E-state index in [2.05, 4.69) is 0 Å². The van der Waals surface area contributed by atoms with Gasteiger partial charge in [-0.15, -0.1) is 0 Å². The molecule has 0 saturated carbocycles. The fraction of sp³-hybridized carbons (Fsp3) is 0.500. The highest BCUT2D eigenvalue weighted by Gasteiger charge is 2.23. The van der Waals surface area contributed by atoms with Gasteiger partial charge in [0.2, 0.25) is 5.91 Å². The number of rotatable bonds is 4. The molecule has 0 N–H and O–H groups in total. The fourth-order valence-corrected chi connectivity index (χ4v) is 3.20. The molecule has 8 heteroatoms. The van der Waals surface area contributed by atoms with Crippen molar-refractivity contribution in [3.8, 4) is 0 Å². The van der Waals surface area contributed by atoms with Crippen LogP contribution in [-0.2, 0) is 14.6 Å². The molecule has 0 atom stereocenters. The lowest BCUT2D eigenvalue weighted by molar-refractivity contribution is -0.131. The Morgan fingerprint density at radius 1 is 1.27 bits per heavy atom. The summed E-state index contributed by atoms with van der Waals surface area (Å²) in [7, 11) is -3.13. The van der Waals surface area contributed by atoms with Crippen molar-refractivity contribution >= 4 is 33.0 Å². The second kappa shape index (κ2) is 6.83. The minimum absolute atomic E-state index is 0.0101. The molecule has 0 bridgehead atoms. The SMILES string of the molecule is CS(=O)(=O)CCC(=O)N1CCN(c2ccc(F)cc2Cl)CC1. The Morgan fingerprint density at radius 2 is 1.91 bits per heavy atom. The number of nitrogens with zero attached hydrogens (tertiary/aromatic N) is 2. The summed E-state index contributed by atoms with van der Waals surface area (Å²) < 4.78 is 35.3. The monoisotopic (exact) mass is 348 g/mol. The maximum atomic E-state index is 13.1. The number of benzene rings is 1. The van der Waals surface area contributed by atoms with Crippen LogP contribution in [0.3, 0.4) is 0 Å². The molecule has 122 valence electrons. The first kappa shape index (κ1) is 17.0. The number of anilines is 1. The van der Waals surface area contributed by atoms with Gasteiger partial charge < -0.3 is 9.80 Å². The molecule has 1 saturated heterocycles. The van der Waals surface area contributed by atoms with Gasteiger partial charge in [0.05, 0.1) is 16.5 Å². The normalized spacial score (nSPS) is 16.0. The summed E-state index contributed by atoms with van der Waals surface area (Å²) in [5.74, 6) is -0.672. The molecule has 1 amide bonds. The first-order chi connectivity index (χ1) is 10.3. The van der Waals surface area contributed by atoms with Crippen LogP contribution in [0.5, 0.6) is 0 Å². The van der Waals surface area contributed by atoms with Crippen LogP contribution in [0.15, 0.2) is 18.2 Å². The predicted octanol–water partition coefficient (Wildman–Crippen LogP) is 1.56. The molecular formula is C14H18ClFN2O3S. The van der Waals surface area contributed by atoms with Crippen LogP contribution in [0.25, 0.3) is 0 Å². The van der Waals surface area contributed by atoms with Gasteiger partial charge in [0.25, 0.3) is 0 Å². The highest BCUT2D eigenvalue weighted by molar-refractivity contribution is 7.90. The Morgan fingerprint density at radius 3 is 2.45 bits per heavy atom. The molecule has 1 fully saturated rings. The number of carbonyl (C=O) groups is 1. The molecule has 1 aliphatic heterocycles. The Kier molecular flexibility index (Phi) is 5.28. The van der Waals surface area contributed by atoms with Crippen molar-refractivity contribution < 1.29 is 17.6 Å². The molecular weight excluding hydrogens is 331 g/mol. The van der Waals surface area contributed by atoms with Gasteiger partial charge in [-0.25, -0.2) is 12.8 Å². The largest absolute Gasteiger partial charge is 0.367 e. The van der Waals surface area contributed by atoms with Crippen LogP contribution < -0.4 is 4.90 Å². The lowest BCUT2D eigenvalue weighted by atomic mass is 10.2. The summed E-state index contributed by atoms with van der Waals surface area (Å²) in [5, 5.41) is 0.344. The second-order valence-electron chi connectivity index (χ2n) is 5.34. The molecule has 1 aliphatic rings. The first-order valence-electron chi connectivity index (χ1n) is 6.92. The summed E-state index contributed by atoms with van der Waals surface area (Å²) in [4.78, 5) is 15.6. The van der Waals surface area contributed by atoms with Gasteiger partial charge >= 0.3 is 0 Å². The molecule has 1 aromatic rings. The standard InChI is InChI=1S/C14H18ClFN2O3S/c1-22(20,21)9-4-14(19)18-7-5-17(6-8-18)13-3-2-11(16)10-12(13)15/h2-3,10H,4-9H2,1H3. The smallest absolute Gasteiger partial charge is 0.223 e. The fourth-order valence-electron chi connectivity index (χ4n) is 2.37. The zero-order valence-corrected chi connectivity index (χ0v) is 13.8. The number of hydrogen-bond acceptors (Lipinski definition) is 4. The Bertz CT molecular complexity index is 658. The minimum atomic E-state index is -3.13. The molecule has 1 heterocycles. The van der Waals surface area contributed by atoms with E-state index in [1.54, 1.807) is 11.0 Å². The summed E-state index contributed by atoms with van der Waals surface area (Å²) in [6.07, 6.45) is 1.13. The molecule has 22 heavy (non-hydrogen) atoms. The van der Waals surface area contributed by atoms with E-state index >= 15 is 0 Å². The molecule has 0 unspecified atom stereocenters. The molecule has 2 rings (SSSR count). The number of sulfone groups is 1. The topological polar surface area (TPSA) is 57.7 Å². The van der Waals surface area contributed by atoms with Crippen molar-refractivity contribution in [3.63, 3.8) is 0 Å². The first-order valence-corrected chi connectivity index (χ1v) is 9.35. The van der Waals surface area contributed by atoms with Gasteiger partial charge in [-0.2, -0.15) is 0 Å². The highest BCUT2D eigenvalue weighted by atomic mass is 35.5. The number of carbonyl (C=O) groups excluding carboxylic acids is 1. The maximum Gasteiger partial charge on any atom is 0.223 e. The minimum Gasteiger partial charge on any atom is -0.367 e. The van der Waals surface area contributed by atoms with Crippen LogP contribution >= 0.6 is 11.6 Å². The molecule has 0 aromatic heterocycles. The number of amides is 1.